The van der Waals surface area contributed by atoms with Gasteiger partial charge in [-0.05, 0) is 31.5 Å². The van der Waals surface area contributed by atoms with Crippen LogP contribution >= 0.6 is 0 Å². The van der Waals surface area contributed by atoms with Gasteiger partial charge in [-0.15, -0.1) is 0 Å². The molecule has 0 fully saturated rings. The van der Waals surface area contributed by atoms with Gasteiger partial charge in [-0.3, -0.25) is 0 Å². The predicted molar refractivity (Wildman–Crippen MR) is 78.6 cm³/mol. The molecule has 0 spiro atoms. The fourth-order valence-corrected chi connectivity index (χ4v) is 2.02. The van der Waals surface area contributed by atoms with E-state index in [4.69, 9.17) is 4.52 Å². The Balaban J connectivity index is 1.98. The largest absolute Gasteiger partial charge is 0.346 e. The number of nitrogens with zero attached hydrogens (tertiary/aromatic N) is 3. The molecular formula is C15H24N4O. The van der Waals surface area contributed by atoms with Gasteiger partial charge < -0.3 is 14.4 Å². The molecule has 0 saturated carbocycles. The summed E-state index contributed by atoms with van der Waals surface area (Å²) in [5, 5.41) is 7.50. The molecule has 0 amide bonds. The Labute approximate surface area is 120 Å². The zero-order valence-corrected chi connectivity index (χ0v) is 12.8. The smallest absolute Gasteiger partial charge is 0.229 e. The van der Waals surface area contributed by atoms with Crippen LogP contribution in [0.3, 0.4) is 0 Å². The average Bonchev–Trinajstić information content (AvgIpc) is 3.05. The molecule has 0 bridgehead atoms. The van der Waals surface area contributed by atoms with Crippen molar-refractivity contribution in [1.29, 1.82) is 0 Å². The van der Waals surface area contributed by atoms with Gasteiger partial charge in [-0.1, -0.05) is 25.9 Å². The number of hydrogen-bond donors (Lipinski definition) is 1. The fourth-order valence-electron chi connectivity index (χ4n) is 2.02. The average molecular weight is 276 g/mol. The Bertz CT molecular complexity index is 529. The molecule has 0 aliphatic carbocycles. The molecule has 5 heteroatoms. The summed E-state index contributed by atoms with van der Waals surface area (Å²) >= 11 is 0. The number of nitrogens with one attached hydrogen (secondary N) is 1. The molecule has 2 heterocycles. The predicted octanol–water partition coefficient (Wildman–Crippen LogP) is 3.10. The zero-order valence-electron chi connectivity index (χ0n) is 12.8. The first kappa shape index (κ1) is 14.8. The number of rotatable bonds is 7. The molecule has 5 nitrogen and oxygen atoms in total. The first-order valence-corrected chi connectivity index (χ1v) is 7.31. The van der Waals surface area contributed by atoms with Crippen LogP contribution in [0.1, 0.15) is 63.4 Å². The van der Waals surface area contributed by atoms with Crippen molar-refractivity contribution in [2.24, 2.45) is 0 Å². The maximum absolute atomic E-state index is 5.22. The quantitative estimate of drug-likeness (QED) is 0.844. The summed E-state index contributed by atoms with van der Waals surface area (Å²) in [6.45, 7) is 10.1. The normalized spacial score (nSPS) is 13.1. The second kappa shape index (κ2) is 6.70. The molecule has 1 unspecified atom stereocenters. The third kappa shape index (κ3) is 3.70. The standard InChI is InChI=1S/C15H24N4O/c1-5-7-16-12(4)13-6-8-19(9-13)10-14-17-15(11(2)3)20-18-14/h6,8-9,11-12,16H,5,7,10H2,1-4H3. The van der Waals surface area contributed by atoms with Gasteiger partial charge in [0.2, 0.25) is 5.89 Å². The molecule has 1 atom stereocenters. The molecule has 2 rings (SSSR count). The maximum Gasteiger partial charge on any atom is 0.229 e. The van der Waals surface area contributed by atoms with Gasteiger partial charge in [0.1, 0.15) is 0 Å². The summed E-state index contributed by atoms with van der Waals surface area (Å²) in [6, 6.07) is 2.50. The SMILES string of the molecule is CCCNC(C)c1ccn(Cc2noc(C(C)C)n2)c1. The van der Waals surface area contributed by atoms with Gasteiger partial charge in [0, 0.05) is 24.4 Å². The molecule has 0 radical (unpaired) electrons. The topological polar surface area (TPSA) is 55.9 Å². The molecule has 20 heavy (non-hydrogen) atoms. The second-order valence-electron chi connectivity index (χ2n) is 5.50. The van der Waals surface area contributed by atoms with Crippen LogP contribution in [0.5, 0.6) is 0 Å². The van der Waals surface area contributed by atoms with Crippen molar-refractivity contribution in [2.45, 2.75) is 52.6 Å². The highest BCUT2D eigenvalue weighted by atomic mass is 16.5. The van der Waals surface area contributed by atoms with Crippen molar-refractivity contribution >= 4 is 0 Å². The summed E-state index contributed by atoms with van der Waals surface area (Å²) in [7, 11) is 0. The molecule has 2 aromatic rings. The number of hydrogen-bond acceptors (Lipinski definition) is 4. The van der Waals surface area contributed by atoms with Gasteiger partial charge in [0.15, 0.2) is 5.82 Å². The van der Waals surface area contributed by atoms with E-state index in [-0.39, 0.29) is 5.92 Å². The Morgan fingerprint density at radius 2 is 2.15 bits per heavy atom. The van der Waals surface area contributed by atoms with Crippen molar-refractivity contribution in [2.75, 3.05) is 6.54 Å². The maximum atomic E-state index is 5.22. The van der Waals surface area contributed by atoms with Crippen molar-refractivity contribution in [1.82, 2.24) is 20.0 Å². The van der Waals surface area contributed by atoms with E-state index in [1.165, 1.54) is 5.56 Å². The van der Waals surface area contributed by atoms with Gasteiger partial charge >= 0.3 is 0 Å². The van der Waals surface area contributed by atoms with E-state index < -0.39 is 0 Å². The highest BCUT2D eigenvalue weighted by molar-refractivity contribution is 5.15. The molecule has 2 aromatic heterocycles. The lowest BCUT2D eigenvalue weighted by molar-refractivity contribution is 0.360. The van der Waals surface area contributed by atoms with Crippen LogP contribution in [0.15, 0.2) is 23.0 Å². The lowest BCUT2D eigenvalue weighted by Gasteiger charge is -2.10. The Kier molecular flexibility index (Phi) is 4.95. The monoisotopic (exact) mass is 276 g/mol. The van der Waals surface area contributed by atoms with Gasteiger partial charge in [0.05, 0.1) is 6.54 Å². The molecule has 0 aliphatic rings. The van der Waals surface area contributed by atoms with E-state index in [2.05, 4.69) is 52.3 Å². The minimum atomic E-state index is 0.273. The molecular weight excluding hydrogens is 252 g/mol. The van der Waals surface area contributed by atoms with Crippen LogP contribution in [0.25, 0.3) is 0 Å². The molecule has 0 saturated heterocycles. The van der Waals surface area contributed by atoms with Crippen LogP contribution in [-0.4, -0.2) is 21.3 Å². The van der Waals surface area contributed by atoms with E-state index in [1.807, 2.05) is 13.8 Å². The first-order valence-electron chi connectivity index (χ1n) is 7.31. The summed E-state index contributed by atoms with van der Waals surface area (Å²) < 4.78 is 7.31. The van der Waals surface area contributed by atoms with E-state index in [0.717, 1.165) is 18.8 Å². The van der Waals surface area contributed by atoms with Gasteiger partial charge in [-0.2, -0.15) is 4.98 Å². The van der Waals surface area contributed by atoms with Crippen LogP contribution in [-0.2, 0) is 6.54 Å². The first-order chi connectivity index (χ1) is 9.60. The third-order valence-electron chi connectivity index (χ3n) is 3.28. The lowest BCUT2D eigenvalue weighted by Crippen LogP contribution is -2.18. The van der Waals surface area contributed by atoms with Gasteiger partial charge in [-0.25, -0.2) is 0 Å². The lowest BCUT2D eigenvalue weighted by atomic mass is 10.2. The van der Waals surface area contributed by atoms with Crippen LogP contribution < -0.4 is 5.32 Å². The van der Waals surface area contributed by atoms with Crippen molar-refractivity contribution in [3.05, 3.63) is 35.7 Å². The Hall–Kier alpha value is -1.62. The Morgan fingerprint density at radius 1 is 1.35 bits per heavy atom. The Morgan fingerprint density at radius 3 is 2.80 bits per heavy atom. The van der Waals surface area contributed by atoms with E-state index >= 15 is 0 Å². The van der Waals surface area contributed by atoms with Crippen LogP contribution in [0.2, 0.25) is 0 Å². The molecule has 0 aromatic carbocycles. The van der Waals surface area contributed by atoms with E-state index in [1.54, 1.807) is 0 Å². The molecule has 0 aliphatic heterocycles. The molecule has 1 N–H and O–H groups in total. The fraction of sp³-hybridized carbons (Fsp3) is 0.600. The minimum absolute atomic E-state index is 0.273. The van der Waals surface area contributed by atoms with Crippen LogP contribution in [0.4, 0.5) is 0 Å². The van der Waals surface area contributed by atoms with Crippen molar-refractivity contribution in [3.8, 4) is 0 Å². The summed E-state index contributed by atoms with van der Waals surface area (Å²) in [4.78, 5) is 4.39. The summed E-state index contributed by atoms with van der Waals surface area (Å²) in [5.74, 6) is 1.70. The van der Waals surface area contributed by atoms with Crippen molar-refractivity contribution < 1.29 is 4.52 Å². The number of aromatic nitrogens is 3. The highest BCUT2D eigenvalue weighted by Crippen LogP contribution is 2.15. The summed E-state index contributed by atoms with van der Waals surface area (Å²) in [5.41, 5.74) is 1.28. The van der Waals surface area contributed by atoms with E-state index in [9.17, 15) is 0 Å². The highest BCUT2D eigenvalue weighted by Gasteiger charge is 2.11. The second-order valence-corrected chi connectivity index (χ2v) is 5.50. The van der Waals surface area contributed by atoms with E-state index in [0.29, 0.717) is 18.5 Å². The summed E-state index contributed by atoms with van der Waals surface area (Å²) in [6.07, 6.45) is 5.34. The van der Waals surface area contributed by atoms with Gasteiger partial charge in [0.25, 0.3) is 0 Å². The zero-order chi connectivity index (χ0) is 14.5. The van der Waals surface area contributed by atoms with Crippen LogP contribution in [0, 0.1) is 0 Å². The van der Waals surface area contributed by atoms with Crippen molar-refractivity contribution in [3.63, 3.8) is 0 Å². The third-order valence-corrected chi connectivity index (χ3v) is 3.28. The minimum Gasteiger partial charge on any atom is -0.346 e. The molecule has 110 valence electrons.